The van der Waals surface area contributed by atoms with Crippen LogP contribution in [0, 0.1) is 13.8 Å². The van der Waals surface area contributed by atoms with Gasteiger partial charge in [-0.05, 0) is 39.3 Å². The fourth-order valence-corrected chi connectivity index (χ4v) is 2.84. The average molecular weight is 389 g/mol. The highest BCUT2D eigenvalue weighted by atomic mass is 35.5. The van der Waals surface area contributed by atoms with Crippen LogP contribution in [0.15, 0.2) is 30.3 Å². The molecular formula is C20H25ClN4O2. The first kappa shape index (κ1) is 20.7. The molecule has 0 bridgehead atoms. The van der Waals surface area contributed by atoms with Gasteiger partial charge < -0.3 is 10.6 Å². The first-order valence-corrected chi connectivity index (χ1v) is 9.24. The van der Waals surface area contributed by atoms with Crippen molar-refractivity contribution in [1.29, 1.82) is 0 Å². The maximum atomic E-state index is 12.0. The Hall–Kier alpha value is -2.60. The largest absolute Gasteiger partial charge is 0.355 e. The summed E-state index contributed by atoms with van der Waals surface area (Å²) in [6.45, 7) is 8.40. The number of carbonyl (C=O) groups excluding carboxylic acids is 2. The van der Waals surface area contributed by atoms with Crippen LogP contribution in [-0.2, 0) is 16.1 Å². The standard InChI is InChI=1S/C20H25ClN4O2/c1-5-22-20(27)15(4)23-18(26)11-10-17-14(3)24-25(19(17)21)12-16-8-6-13(2)7-9-16/h6-11,15H,5,12H2,1-4H3,(H,22,27)(H,23,26)/b11-10+/t15-/m0/s1. The van der Waals surface area contributed by atoms with Gasteiger partial charge in [0.25, 0.3) is 0 Å². The zero-order valence-corrected chi connectivity index (χ0v) is 16.8. The molecule has 7 heteroatoms. The Kier molecular flexibility index (Phi) is 7.19. The molecule has 0 aliphatic carbocycles. The van der Waals surface area contributed by atoms with Crippen molar-refractivity contribution in [1.82, 2.24) is 20.4 Å². The van der Waals surface area contributed by atoms with Gasteiger partial charge in [-0.15, -0.1) is 0 Å². The zero-order chi connectivity index (χ0) is 20.0. The highest BCUT2D eigenvalue weighted by Crippen LogP contribution is 2.22. The highest BCUT2D eigenvalue weighted by Gasteiger charge is 2.14. The van der Waals surface area contributed by atoms with Gasteiger partial charge in [-0.3, -0.25) is 9.59 Å². The van der Waals surface area contributed by atoms with E-state index in [-0.39, 0.29) is 11.8 Å². The van der Waals surface area contributed by atoms with Crippen molar-refractivity contribution in [2.75, 3.05) is 6.54 Å². The second kappa shape index (κ2) is 9.37. The average Bonchev–Trinajstić information content (AvgIpc) is 2.88. The lowest BCUT2D eigenvalue weighted by molar-refractivity contribution is -0.126. The number of halogens is 1. The number of nitrogens with one attached hydrogen (secondary N) is 2. The predicted molar refractivity (Wildman–Crippen MR) is 108 cm³/mol. The molecule has 2 N–H and O–H groups in total. The van der Waals surface area contributed by atoms with Crippen LogP contribution in [0.3, 0.4) is 0 Å². The Bertz CT molecular complexity index is 840. The van der Waals surface area contributed by atoms with Gasteiger partial charge in [0.05, 0.1) is 12.2 Å². The topological polar surface area (TPSA) is 76.0 Å². The Morgan fingerprint density at radius 3 is 2.56 bits per heavy atom. The van der Waals surface area contributed by atoms with E-state index in [1.807, 2.05) is 45.0 Å². The number of likely N-dealkylation sites (N-methyl/N-ethyl adjacent to an activating group) is 1. The van der Waals surface area contributed by atoms with Gasteiger partial charge in [0, 0.05) is 18.2 Å². The maximum absolute atomic E-state index is 12.0. The molecule has 0 radical (unpaired) electrons. The molecule has 144 valence electrons. The fraction of sp³-hybridized carbons (Fsp3) is 0.350. The Labute approximate surface area is 164 Å². The number of hydrogen-bond donors (Lipinski definition) is 2. The van der Waals surface area contributed by atoms with Crippen LogP contribution < -0.4 is 10.6 Å². The van der Waals surface area contributed by atoms with Crippen LogP contribution in [0.1, 0.15) is 36.2 Å². The summed E-state index contributed by atoms with van der Waals surface area (Å²) in [6, 6.07) is 7.55. The van der Waals surface area contributed by atoms with Gasteiger partial charge >= 0.3 is 0 Å². The van der Waals surface area contributed by atoms with E-state index in [0.717, 1.165) is 11.3 Å². The van der Waals surface area contributed by atoms with Gasteiger partial charge in [0.15, 0.2) is 0 Å². The van der Waals surface area contributed by atoms with E-state index in [1.54, 1.807) is 17.7 Å². The molecule has 2 aromatic rings. The van der Waals surface area contributed by atoms with Gasteiger partial charge in [-0.2, -0.15) is 5.10 Å². The molecule has 1 atom stereocenters. The summed E-state index contributed by atoms with van der Waals surface area (Å²) < 4.78 is 1.70. The van der Waals surface area contributed by atoms with Crippen molar-refractivity contribution in [3.8, 4) is 0 Å². The molecule has 1 aromatic heterocycles. The van der Waals surface area contributed by atoms with E-state index in [9.17, 15) is 9.59 Å². The van der Waals surface area contributed by atoms with Crippen LogP contribution in [-0.4, -0.2) is 34.2 Å². The Balaban J connectivity index is 2.07. The molecule has 2 amide bonds. The summed E-state index contributed by atoms with van der Waals surface area (Å²) in [7, 11) is 0. The quantitative estimate of drug-likeness (QED) is 0.716. The lowest BCUT2D eigenvalue weighted by Crippen LogP contribution is -2.44. The maximum Gasteiger partial charge on any atom is 0.244 e. The molecule has 1 aromatic carbocycles. The van der Waals surface area contributed by atoms with Gasteiger partial charge in [0.1, 0.15) is 11.2 Å². The fourth-order valence-electron chi connectivity index (χ4n) is 2.54. The van der Waals surface area contributed by atoms with E-state index in [4.69, 9.17) is 11.6 Å². The van der Waals surface area contributed by atoms with Gasteiger partial charge in [0.2, 0.25) is 11.8 Å². The molecular weight excluding hydrogens is 364 g/mol. The van der Waals surface area contributed by atoms with E-state index in [1.165, 1.54) is 11.6 Å². The summed E-state index contributed by atoms with van der Waals surface area (Å²) in [5.74, 6) is -0.588. The number of aryl methyl sites for hydroxylation is 2. The third-order valence-electron chi connectivity index (χ3n) is 4.07. The molecule has 0 saturated carbocycles. The van der Waals surface area contributed by atoms with E-state index < -0.39 is 6.04 Å². The van der Waals surface area contributed by atoms with Crippen molar-refractivity contribution in [3.63, 3.8) is 0 Å². The van der Waals surface area contributed by atoms with Gasteiger partial charge in [-0.1, -0.05) is 41.4 Å². The van der Waals surface area contributed by atoms with E-state index >= 15 is 0 Å². The summed E-state index contributed by atoms with van der Waals surface area (Å²) in [6.07, 6.45) is 2.98. The van der Waals surface area contributed by atoms with Crippen LogP contribution >= 0.6 is 11.6 Å². The monoisotopic (exact) mass is 388 g/mol. The molecule has 2 rings (SSSR count). The molecule has 27 heavy (non-hydrogen) atoms. The minimum absolute atomic E-state index is 0.223. The number of aromatic nitrogens is 2. The van der Waals surface area contributed by atoms with E-state index in [0.29, 0.717) is 23.8 Å². The van der Waals surface area contributed by atoms with E-state index in [2.05, 4.69) is 15.7 Å². The van der Waals surface area contributed by atoms with Crippen LogP contribution in [0.4, 0.5) is 0 Å². The van der Waals surface area contributed by atoms with Crippen LogP contribution in [0.25, 0.3) is 6.08 Å². The molecule has 0 unspecified atom stereocenters. The molecule has 1 heterocycles. The smallest absolute Gasteiger partial charge is 0.244 e. The van der Waals surface area contributed by atoms with Crippen molar-refractivity contribution < 1.29 is 9.59 Å². The SMILES string of the molecule is CCNC(=O)[C@H](C)NC(=O)/C=C/c1c(C)nn(Cc2ccc(C)cc2)c1Cl. The number of nitrogens with zero attached hydrogens (tertiary/aromatic N) is 2. The molecule has 0 aliphatic rings. The first-order chi connectivity index (χ1) is 12.8. The second-order valence-corrected chi connectivity index (χ2v) is 6.75. The predicted octanol–water partition coefficient (Wildman–Crippen LogP) is 2.86. The summed E-state index contributed by atoms with van der Waals surface area (Å²) in [4.78, 5) is 23.7. The summed E-state index contributed by atoms with van der Waals surface area (Å²) in [5.41, 5.74) is 3.70. The van der Waals surface area contributed by atoms with Gasteiger partial charge in [-0.25, -0.2) is 4.68 Å². The van der Waals surface area contributed by atoms with Crippen molar-refractivity contribution >= 4 is 29.5 Å². The Morgan fingerprint density at radius 1 is 1.26 bits per heavy atom. The molecule has 6 nitrogen and oxygen atoms in total. The zero-order valence-electron chi connectivity index (χ0n) is 16.0. The van der Waals surface area contributed by atoms with Crippen LogP contribution in [0.5, 0.6) is 0 Å². The lowest BCUT2D eigenvalue weighted by atomic mass is 10.1. The minimum atomic E-state index is -0.608. The third-order valence-corrected chi connectivity index (χ3v) is 4.47. The number of hydrogen-bond acceptors (Lipinski definition) is 3. The second-order valence-electron chi connectivity index (χ2n) is 6.39. The molecule has 0 aliphatic heterocycles. The molecule has 0 saturated heterocycles. The molecule has 0 spiro atoms. The lowest BCUT2D eigenvalue weighted by Gasteiger charge is -2.11. The normalized spacial score (nSPS) is 12.2. The van der Waals surface area contributed by atoms with Crippen LogP contribution in [0.2, 0.25) is 5.15 Å². The first-order valence-electron chi connectivity index (χ1n) is 8.86. The minimum Gasteiger partial charge on any atom is -0.355 e. The van der Waals surface area contributed by atoms with Crippen molar-refractivity contribution in [2.45, 2.75) is 40.3 Å². The number of rotatable bonds is 7. The summed E-state index contributed by atoms with van der Waals surface area (Å²) >= 11 is 6.45. The van der Waals surface area contributed by atoms with Crippen molar-refractivity contribution in [3.05, 3.63) is 57.9 Å². The molecule has 0 fully saturated rings. The number of amides is 2. The summed E-state index contributed by atoms with van der Waals surface area (Å²) in [5, 5.41) is 10.2. The Morgan fingerprint density at radius 2 is 1.93 bits per heavy atom. The highest BCUT2D eigenvalue weighted by molar-refractivity contribution is 6.31. The number of benzene rings is 1. The third kappa shape index (κ3) is 5.69. The number of carbonyl (C=O) groups is 2. The van der Waals surface area contributed by atoms with Crippen molar-refractivity contribution in [2.24, 2.45) is 0 Å².